The first-order valence-electron chi connectivity index (χ1n) is 18.5. The summed E-state index contributed by atoms with van der Waals surface area (Å²) in [6.45, 7) is 29.9. The van der Waals surface area contributed by atoms with E-state index in [-0.39, 0.29) is 6.04 Å². The van der Waals surface area contributed by atoms with Gasteiger partial charge in [0.05, 0.1) is 11.1 Å². The third-order valence-corrected chi connectivity index (χ3v) is 11.8. The molecule has 0 saturated carbocycles. The number of nitrogens with one attached hydrogen (secondary N) is 2. The van der Waals surface area contributed by atoms with Crippen LogP contribution >= 0.6 is 11.6 Å². The molecule has 1 atom stereocenters. The van der Waals surface area contributed by atoms with Crippen LogP contribution in [0.25, 0.3) is 51.7 Å². The lowest BCUT2D eigenvalue weighted by molar-refractivity contribution is 0.230. The van der Waals surface area contributed by atoms with Crippen molar-refractivity contribution in [1.29, 1.82) is 0 Å². The molecule has 2 fully saturated rings. The first kappa shape index (κ1) is 34.1. The van der Waals surface area contributed by atoms with E-state index in [0.717, 1.165) is 138 Å². The highest BCUT2D eigenvalue weighted by molar-refractivity contribution is 6.38. The van der Waals surface area contributed by atoms with E-state index in [9.17, 15) is 0 Å². The summed E-state index contributed by atoms with van der Waals surface area (Å²) in [5.41, 5.74) is 9.84. The topological polar surface area (TPSA) is 55.4 Å². The number of aromatic amines is 1. The number of fused-ring (bicyclic) bond motifs is 2. The minimum absolute atomic E-state index is 0.133. The van der Waals surface area contributed by atoms with Gasteiger partial charge in [-0.3, -0.25) is 4.90 Å². The van der Waals surface area contributed by atoms with Crippen molar-refractivity contribution in [3.05, 3.63) is 125 Å². The second kappa shape index (κ2) is 13.9. The molecule has 2 saturated heterocycles. The SMILES string of the molecule is C=C1CCC(n2c(=C)c3ccc(C4=CCN(CCN5CCCN(c6cccc(-c7cnc8[nH]cc(CC)c8c7Cl)c6)C5=C)CC4)cc3c2=C)C(=C)N1. The van der Waals surface area contributed by atoms with E-state index in [1.807, 2.05) is 12.4 Å². The average molecular weight is 710 g/mol. The molecule has 0 radical (unpaired) electrons. The van der Waals surface area contributed by atoms with Crippen LogP contribution in [0.15, 0.2) is 97.9 Å². The van der Waals surface area contributed by atoms with E-state index >= 15 is 0 Å². The van der Waals surface area contributed by atoms with Gasteiger partial charge in [0.15, 0.2) is 0 Å². The molecule has 0 spiro atoms. The second-order valence-electron chi connectivity index (χ2n) is 14.4. The van der Waals surface area contributed by atoms with Gasteiger partial charge in [-0.15, -0.1) is 0 Å². The Morgan fingerprint density at radius 1 is 0.923 bits per heavy atom. The Morgan fingerprint density at radius 3 is 2.56 bits per heavy atom. The van der Waals surface area contributed by atoms with Crippen molar-refractivity contribution in [2.24, 2.45) is 0 Å². The van der Waals surface area contributed by atoms with Gasteiger partial charge in [-0.05, 0) is 72.6 Å². The summed E-state index contributed by atoms with van der Waals surface area (Å²) in [7, 11) is 0. The maximum Gasteiger partial charge on any atom is 0.139 e. The molecule has 3 aliphatic rings. The van der Waals surface area contributed by atoms with Gasteiger partial charge in [0.25, 0.3) is 0 Å². The number of benzene rings is 2. The number of aromatic nitrogens is 3. The Balaban J connectivity index is 0.926. The van der Waals surface area contributed by atoms with Crippen LogP contribution in [-0.4, -0.2) is 63.6 Å². The highest BCUT2D eigenvalue weighted by Gasteiger charge is 2.25. The molecular weight excluding hydrogens is 662 g/mol. The molecule has 6 heterocycles. The fraction of sp³-hybridized carbons (Fsp3) is 0.295. The Hall–Kier alpha value is -4.98. The summed E-state index contributed by atoms with van der Waals surface area (Å²) in [5.74, 6) is 1.06. The van der Waals surface area contributed by atoms with Crippen molar-refractivity contribution >= 4 is 57.8 Å². The molecule has 3 aliphatic heterocycles. The third kappa shape index (κ3) is 6.06. The molecule has 1 unspecified atom stereocenters. The van der Waals surface area contributed by atoms with E-state index in [0.29, 0.717) is 0 Å². The lowest BCUT2D eigenvalue weighted by Crippen LogP contribution is -2.45. The van der Waals surface area contributed by atoms with Crippen molar-refractivity contribution in [2.75, 3.05) is 44.2 Å². The number of piperidine rings is 1. The van der Waals surface area contributed by atoms with Crippen LogP contribution in [0.5, 0.6) is 0 Å². The highest BCUT2D eigenvalue weighted by atomic mass is 35.5. The van der Waals surface area contributed by atoms with Crippen molar-refractivity contribution < 1.29 is 0 Å². The van der Waals surface area contributed by atoms with Crippen LogP contribution < -0.4 is 20.9 Å². The number of pyridine rings is 1. The average Bonchev–Trinajstić information content (AvgIpc) is 3.69. The smallest absolute Gasteiger partial charge is 0.139 e. The van der Waals surface area contributed by atoms with Gasteiger partial charge in [-0.1, -0.05) is 81.8 Å². The van der Waals surface area contributed by atoms with Crippen LogP contribution in [-0.2, 0) is 6.42 Å². The molecule has 0 amide bonds. The van der Waals surface area contributed by atoms with Crippen molar-refractivity contribution in [3.63, 3.8) is 0 Å². The van der Waals surface area contributed by atoms with E-state index in [1.54, 1.807) is 0 Å². The van der Waals surface area contributed by atoms with Crippen molar-refractivity contribution in [3.8, 4) is 11.1 Å². The van der Waals surface area contributed by atoms with Gasteiger partial charge in [-0.2, -0.15) is 0 Å². The largest absolute Gasteiger partial charge is 0.362 e. The molecular formula is C44H48ClN7. The summed E-state index contributed by atoms with van der Waals surface area (Å²) >= 11 is 7.00. The molecule has 0 bridgehead atoms. The molecule has 2 aromatic carbocycles. The number of aryl methyl sites for hydroxylation is 1. The summed E-state index contributed by atoms with van der Waals surface area (Å²) in [6, 6.07) is 15.6. The Kier molecular flexibility index (Phi) is 9.10. The minimum atomic E-state index is 0.133. The zero-order valence-electron chi connectivity index (χ0n) is 30.3. The number of H-pyrrole nitrogens is 1. The van der Waals surface area contributed by atoms with Gasteiger partial charge in [0.1, 0.15) is 11.5 Å². The minimum Gasteiger partial charge on any atom is -0.362 e. The number of hydrogen-bond donors (Lipinski definition) is 2. The molecule has 7 nitrogen and oxygen atoms in total. The van der Waals surface area contributed by atoms with Crippen molar-refractivity contribution in [2.45, 2.75) is 45.1 Å². The summed E-state index contributed by atoms with van der Waals surface area (Å²) in [4.78, 5) is 15.3. The lowest BCUT2D eigenvalue weighted by Gasteiger charge is -2.41. The zero-order valence-corrected chi connectivity index (χ0v) is 31.0. The fourth-order valence-corrected chi connectivity index (χ4v) is 8.79. The Labute approximate surface area is 311 Å². The molecule has 2 N–H and O–H groups in total. The molecule has 8 rings (SSSR count). The number of halogens is 1. The van der Waals surface area contributed by atoms with E-state index in [2.05, 4.69) is 123 Å². The maximum atomic E-state index is 7.00. The molecule has 3 aromatic heterocycles. The van der Waals surface area contributed by atoms with Gasteiger partial charge in [0, 0.05) is 101 Å². The summed E-state index contributed by atoms with van der Waals surface area (Å²) < 4.78 is 2.26. The lowest BCUT2D eigenvalue weighted by atomic mass is 9.97. The molecule has 8 heteroatoms. The Morgan fingerprint density at radius 2 is 1.77 bits per heavy atom. The molecule has 266 valence electrons. The number of rotatable bonds is 8. The van der Waals surface area contributed by atoms with Gasteiger partial charge >= 0.3 is 0 Å². The Bertz CT molecular complexity index is 2380. The standard InChI is InChI=1S/C44H48ClN7/c1-7-33-26-46-44-42(33)43(45)40(27-47-44)36-10-8-11-37(24-36)51-19-9-18-50(32(51)6)23-22-49-20-16-34(17-21-49)35-13-14-38-30(4)52(31(5)39(38)25-35)41-15-12-28(2)48-29(41)3/h8,10-11,13-14,16,24-27,41,48H,2-7,9,12,15,17-23H2,1H3,(H,46,47). The van der Waals surface area contributed by atoms with E-state index in [1.165, 1.54) is 22.1 Å². The highest BCUT2D eigenvalue weighted by Crippen LogP contribution is 2.37. The van der Waals surface area contributed by atoms with Crippen LogP contribution in [0.2, 0.25) is 5.02 Å². The van der Waals surface area contributed by atoms with E-state index < -0.39 is 0 Å². The van der Waals surface area contributed by atoms with Crippen LogP contribution in [0.4, 0.5) is 5.69 Å². The monoisotopic (exact) mass is 709 g/mol. The van der Waals surface area contributed by atoms with Gasteiger partial charge in [-0.25, -0.2) is 4.98 Å². The summed E-state index contributed by atoms with van der Waals surface area (Å²) in [5, 5.41) is 9.47. The second-order valence-corrected chi connectivity index (χ2v) is 14.8. The van der Waals surface area contributed by atoms with Crippen LogP contribution in [0.1, 0.15) is 49.8 Å². The van der Waals surface area contributed by atoms with Gasteiger partial charge < -0.3 is 24.7 Å². The number of nitrogens with zero attached hydrogens (tertiary/aromatic N) is 5. The number of hydrogen-bond acceptors (Lipinski definition) is 5. The van der Waals surface area contributed by atoms with Gasteiger partial charge in [0.2, 0.25) is 0 Å². The predicted octanol–water partition coefficient (Wildman–Crippen LogP) is 7.95. The number of allylic oxidation sites excluding steroid dienone is 2. The quantitative estimate of drug-likeness (QED) is 0.171. The van der Waals surface area contributed by atoms with Crippen LogP contribution in [0.3, 0.4) is 0 Å². The zero-order chi connectivity index (χ0) is 36.1. The molecule has 52 heavy (non-hydrogen) atoms. The first-order chi connectivity index (χ1) is 25.2. The van der Waals surface area contributed by atoms with Crippen molar-refractivity contribution in [1.82, 2.24) is 29.7 Å². The number of anilines is 1. The van der Waals surface area contributed by atoms with E-state index in [4.69, 9.17) is 11.6 Å². The molecule has 5 aromatic rings. The normalized spacial score (nSPS) is 18.8. The van der Waals surface area contributed by atoms with Crippen LogP contribution in [0, 0.1) is 0 Å². The first-order valence-corrected chi connectivity index (χ1v) is 18.9. The maximum absolute atomic E-state index is 7.00. The predicted molar refractivity (Wildman–Crippen MR) is 220 cm³/mol. The molecule has 0 aliphatic carbocycles. The third-order valence-electron chi connectivity index (χ3n) is 11.4. The summed E-state index contributed by atoms with van der Waals surface area (Å²) in [6.07, 6.45) is 11.2. The fourth-order valence-electron chi connectivity index (χ4n) is 8.42.